The largest absolute Gasteiger partial charge is 0.322 e. The van der Waals surface area contributed by atoms with Crippen LogP contribution in [0, 0.1) is 0 Å². The molecule has 4 aromatic carbocycles. The van der Waals surface area contributed by atoms with Crippen LogP contribution >= 0.6 is 11.8 Å². The van der Waals surface area contributed by atoms with E-state index in [4.69, 9.17) is 0 Å². The Hall–Kier alpha value is -3.57. The van der Waals surface area contributed by atoms with Gasteiger partial charge in [0.1, 0.15) is 5.37 Å². The molecule has 33 heavy (non-hydrogen) atoms. The summed E-state index contributed by atoms with van der Waals surface area (Å²) in [5, 5.41) is 4.90. The van der Waals surface area contributed by atoms with E-state index < -0.39 is 0 Å². The second-order valence-electron chi connectivity index (χ2n) is 8.05. The Morgan fingerprint density at radius 1 is 0.939 bits per heavy atom. The Bertz CT molecular complexity index is 1310. The number of fused-ring (bicyclic) bond motifs is 1. The van der Waals surface area contributed by atoms with Crippen LogP contribution in [-0.4, -0.2) is 17.6 Å². The molecule has 4 aromatic rings. The van der Waals surface area contributed by atoms with Gasteiger partial charge in [-0.2, -0.15) is 0 Å². The van der Waals surface area contributed by atoms with Crippen LogP contribution in [0.2, 0.25) is 0 Å². The third kappa shape index (κ3) is 4.24. The fourth-order valence-electron chi connectivity index (χ4n) is 4.19. The number of carbonyl (C=O) groups excluding carboxylic acids is 2. The zero-order chi connectivity index (χ0) is 22.8. The first-order valence-corrected chi connectivity index (χ1v) is 12.1. The van der Waals surface area contributed by atoms with Crippen LogP contribution in [0.5, 0.6) is 0 Å². The van der Waals surface area contributed by atoms with Crippen LogP contribution in [0.25, 0.3) is 10.8 Å². The molecule has 5 heteroatoms. The van der Waals surface area contributed by atoms with Gasteiger partial charge in [-0.1, -0.05) is 67.6 Å². The van der Waals surface area contributed by atoms with Gasteiger partial charge in [-0.15, -0.1) is 11.8 Å². The number of nitrogens with zero attached hydrogens (tertiary/aromatic N) is 1. The molecule has 0 saturated carbocycles. The van der Waals surface area contributed by atoms with Crippen molar-refractivity contribution in [2.45, 2.75) is 18.7 Å². The number of aryl methyl sites for hydroxylation is 1. The van der Waals surface area contributed by atoms with Gasteiger partial charge in [-0.05, 0) is 58.7 Å². The predicted octanol–water partition coefficient (Wildman–Crippen LogP) is 6.43. The first-order chi connectivity index (χ1) is 16.1. The fraction of sp³-hybridized carbons (Fsp3) is 0.143. The van der Waals surface area contributed by atoms with E-state index >= 15 is 0 Å². The van der Waals surface area contributed by atoms with Gasteiger partial charge in [-0.3, -0.25) is 14.5 Å². The molecule has 0 bridgehead atoms. The lowest BCUT2D eigenvalue weighted by Crippen LogP contribution is -2.27. The van der Waals surface area contributed by atoms with E-state index in [0.29, 0.717) is 11.3 Å². The number of carbonyl (C=O) groups is 2. The topological polar surface area (TPSA) is 49.4 Å². The van der Waals surface area contributed by atoms with Crippen LogP contribution in [0.3, 0.4) is 0 Å². The predicted molar refractivity (Wildman–Crippen MR) is 137 cm³/mol. The van der Waals surface area contributed by atoms with Gasteiger partial charge >= 0.3 is 0 Å². The number of hydrogen-bond acceptors (Lipinski definition) is 3. The second kappa shape index (κ2) is 9.12. The van der Waals surface area contributed by atoms with Crippen LogP contribution < -0.4 is 10.2 Å². The third-order valence-corrected chi connectivity index (χ3v) is 7.19. The quantitative estimate of drug-likeness (QED) is 0.379. The van der Waals surface area contributed by atoms with Crippen molar-refractivity contribution >= 4 is 45.7 Å². The fourth-order valence-corrected chi connectivity index (χ4v) is 5.37. The molecule has 0 aliphatic carbocycles. The van der Waals surface area contributed by atoms with Crippen LogP contribution in [0.4, 0.5) is 11.4 Å². The van der Waals surface area contributed by atoms with Crippen molar-refractivity contribution < 1.29 is 9.59 Å². The Labute approximate surface area is 197 Å². The van der Waals surface area contributed by atoms with Crippen molar-refractivity contribution in [1.29, 1.82) is 0 Å². The number of amides is 2. The minimum atomic E-state index is -0.136. The van der Waals surface area contributed by atoms with E-state index in [1.165, 1.54) is 5.56 Å². The molecule has 1 atom stereocenters. The molecule has 1 saturated heterocycles. The number of nitrogens with one attached hydrogen (secondary N) is 1. The molecule has 2 amide bonds. The number of thioether (sulfide) groups is 1. The highest BCUT2D eigenvalue weighted by Crippen LogP contribution is 2.42. The summed E-state index contributed by atoms with van der Waals surface area (Å²) in [7, 11) is 0. The van der Waals surface area contributed by atoms with E-state index in [2.05, 4.69) is 24.4 Å². The average molecular weight is 453 g/mol. The third-order valence-electron chi connectivity index (χ3n) is 5.98. The molecule has 4 nitrogen and oxygen atoms in total. The SMILES string of the molecule is CCc1ccc(N2C(=O)CS[C@H]2c2ccc(NC(=O)c3cccc4ccccc34)cc2)cc1. The molecule has 1 fully saturated rings. The van der Waals surface area contributed by atoms with Crippen LogP contribution in [0.15, 0.2) is 91.0 Å². The minimum absolute atomic E-state index is 0.0761. The Morgan fingerprint density at radius 3 is 2.42 bits per heavy atom. The summed E-state index contributed by atoms with van der Waals surface area (Å²) in [5.41, 5.74) is 4.58. The molecule has 1 heterocycles. The summed E-state index contributed by atoms with van der Waals surface area (Å²) in [5.74, 6) is 0.435. The maximum atomic E-state index is 12.9. The summed E-state index contributed by atoms with van der Waals surface area (Å²) >= 11 is 1.62. The number of anilines is 2. The van der Waals surface area contributed by atoms with Gasteiger partial charge in [0, 0.05) is 16.9 Å². The molecular weight excluding hydrogens is 428 g/mol. The first-order valence-electron chi connectivity index (χ1n) is 11.1. The summed E-state index contributed by atoms with van der Waals surface area (Å²) < 4.78 is 0. The van der Waals surface area contributed by atoms with Gasteiger partial charge < -0.3 is 5.32 Å². The van der Waals surface area contributed by atoms with E-state index in [1.54, 1.807) is 11.8 Å². The van der Waals surface area contributed by atoms with Gasteiger partial charge in [0.05, 0.1) is 5.75 Å². The van der Waals surface area contributed by atoms with Crippen molar-refractivity contribution in [2.24, 2.45) is 0 Å². The molecule has 1 aliphatic rings. The van der Waals surface area contributed by atoms with E-state index in [1.807, 2.05) is 83.8 Å². The van der Waals surface area contributed by atoms with Crippen LogP contribution in [-0.2, 0) is 11.2 Å². The molecular formula is C28H24N2O2S. The summed E-state index contributed by atoms with van der Waals surface area (Å²) in [6.07, 6.45) is 0.971. The number of hydrogen-bond donors (Lipinski definition) is 1. The Kier molecular flexibility index (Phi) is 5.88. The molecule has 1 N–H and O–H groups in total. The zero-order valence-corrected chi connectivity index (χ0v) is 19.1. The zero-order valence-electron chi connectivity index (χ0n) is 18.3. The van der Waals surface area contributed by atoms with E-state index in [9.17, 15) is 9.59 Å². The number of rotatable bonds is 5. The molecule has 0 spiro atoms. The van der Waals surface area contributed by atoms with Crippen LogP contribution in [0.1, 0.15) is 33.8 Å². The standard InChI is InChI=1S/C28H24N2O2S/c1-2-19-10-16-23(17-11-19)30-26(31)18-33-28(30)21-12-14-22(15-13-21)29-27(32)25-9-5-7-20-6-3-4-8-24(20)25/h3-17,28H,2,18H2,1H3,(H,29,32)/t28-/m0/s1. The Morgan fingerprint density at radius 2 is 1.67 bits per heavy atom. The summed E-state index contributed by atoms with van der Waals surface area (Å²) in [4.78, 5) is 27.4. The number of benzene rings is 4. The maximum Gasteiger partial charge on any atom is 0.256 e. The Balaban J connectivity index is 1.35. The normalized spacial score (nSPS) is 15.7. The highest BCUT2D eigenvalue weighted by atomic mass is 32.2. The van der Waals surface area contributed by atoms with Crippen molar-refractivity contribution in [1.82, 2.24) is 0 Å². The average Bonchev–Trinajstić information content (AvgIpc) is 3.25. The molecule has 164 valence electrons. The lowest BCUT2D eigenvalue weighted by molar-refractivity contribution is -0.115. The van der Waals surface area contributed by atoms with Crippen molar-refractivity contribution in [3.63, 3.8) is 0 Å². The van der Waals surface area contributed by atoms with Gasteiger partial charge in [-0.25, -0.2) is 0 Å². The van der Waals surface area contributed by atoms with E-state index in [0.717, 1.165) is 34.1 Å². The first kappa shape index (κ1) is 21.3. The summed E-state index contributed by atoms with van der Waals surface area (Å²) in [6.45, 7) is 2.12. The molecule has 0 unspecified atom stereocenters. The highest BCUT2D eigenvalue weighted by molar-refractivity contribution is 8.00. The van der Waals surface area contributed by atoms with Crippen molar-refractivity contribution in [3.8, 4) is 0 Å². The monoisotopic (exact) mass is 452 g/mol. The van der Waals surface area contributed by atoms with Gasteiger partial charge in [0.15, 0.2) is 0 Å². The lowest BCUT2D eigenvalue weighted by atomic mass is 10.0. The highest BCUT2D eigenvalue weighted by Gasteiger charge is 2.34. The van der Waals surface area contributed by atoms with Crippen molar-refractivity contribution in [3.05, 3.63) is 108 Å². The lowest BCUT2D eigenvalue weighted by Gasteiger charge is -2.24. The second-order valence-corrected chi connectivity index (χ2v) is 9.12. The van der Waals surface area contributed by atoms with Gasteiger partial charge in [0.25, 0.3) is 5.91 Å². The molecule has 1 aliphatic heterocycles. The maximum absolute atomic E-state index is 12.9. The van der Waals surface area contributed by atoms with E-state index in [-0.39, 0.29) is 17.2 Å². The van der Waals surface area contributed by atoms with Crippen molar-refractivity contribution in [2.75, 3.05) is 16.0 Å². The molecule has 0 radical (unpaired) electrons. The van der Waals surface area contributed by atoms with Gasteiger partial charge in [0.2, 0.25) is 5.91 Å². The smallest absolute Gasteiger partial charge is 0.256 e. The molecule has 0 aromatic heterocycles. The minimum Gasteiger partial charge on any atom is -0.322 e. The molecule has 5 rings (SSSR count). The summed E-state index contributed by atoms with van der Waals surface area (Å²) in [6, 6.07) is 29.6.